The molecule has 0 aromatic carbocycles. The van der Waals surface area contributed by atoms with Gasteiger partial charge in [0.2, 0.25) is 5.91 Å². The Morgan fingerprint density at radius 3 is 1.70 bits per heavy atom. The van der Waals surface area contributed by atoms with E-state index in [1.54, 1.807) is 48.5 Å². The zero-order valence-corrected chi connectivity index (χ0v) is 15.4. The van der Waals surface area contributed by atoms with E-state index in [9.17, 15) is 14.4 Å². The smallest absolute Gasteiger partial charge is 0.408 e. The van der Waals surface area contributed by atoms with Gasteiger partial charge in [0.15, 0.2) is 0 Å². The van der Waals surface area contributed by atoms with Gasteiger partial charge in [-0.25, -0.2) is 9.59 Å². The molecule has 0 heterocycles. The molecule has 1 unspecified atom stereocenters. The topological polar surface area (TPSA) is 93.7 Å². The van der Waals surface area contributed by atoms with Gasteiger partial charge in [-0.05, 0) is 32.6 Å². The Morgan fingerprint density at radius 2 is 1.35 bits per heavy atom. The number of amides is 2. The average molecular weight is 330 g/mol. The molecular weight excluding hydrogens is 300 g/mol. The van der Waals surface area contributed by atoms with Crippen molar-refractivity contribution in [3.8, 4) is 0 Å². The third-order valence-corrected chi connectivity index (χ3v) is 3.04. The number of hydrogen-bond acceptors (Lipinski definition) is 5. The first-order valence-electron chi connectivity index (χ1n) is 7.76. The third kappa shape index (κ3) is 7.85. The predicted molar refractivity (Wildman–Crippen MR) is 86.8 cm³/mol. The van der Waals surface area contributed by atoms with Crippen LogP contribution in [0.4, 0.5) is 4.79 Å². The Morgan fingerprint density at radius 1 is 0.870 bits per heavy atom. The lowest BCUT2D eigenvalue weighted by atomic mass is 10.0. The lowest BCUT2D eigenvalue weighted by molar-refractivity contribution is -0.146. The number of ether oxygens (including phenoxy) is 2. The minimum absolute atomic E-state index is 0.138. The van der Waals surface area contributed by atoms with Crippen molar-refractivity contribution >= 4 is 18.0 Å². The Hall–Kier alpha value is -1.79. The highest BCUT2D eigenvalue weighted by atomic mass is 16.6. The standard InChI is InChI=1S/C16H30N2O5/c1-9(2)11(18-15(21)23-16(5,6)7)13(19)17-12(10(3)4)14(20)22-8/h9-12H,1-8H3,(H,17,19)(H,18,21)/t11-,12?/m0/s1. The first-order chi connectivity index (χ1) is 10.4. The van der Waals surface area contributed by atoms with Crippen molar-refractivity contribution in [1.82, 2.24) is 10.6 Å². The van der Waals surface area contributed by atoms with Crippen LogP contribution < -0.4 is 10.6 Å². The van der Waals surface area contributed by atoms with Crippen molar-refractivity contribution in [3.63, 3.8) is 0 Å². The zero-order chi connectivity index (χ0) is 18.4. The van der Waals surface area contributed by atoms with E-state index in [-0.39, 0.29) is 11.8 Å². The Bertz CT molecular complexity index is 427. The van der Waals surface area contributed by atoms with E-state index in [4.69, 9.17) is 9.47 Å². The monoisotopic (exact) mass is 330 g/mol. The predicted octanol–water partition coefficient (Wildman–Crippen LogP) is 1.85. The second-order valence-corrected chi connectivity index (χ2v) is 7.12. The lowest BCUT2D eigenvalue weighted by Gasteiger charge is -2.27. The summed E-state index contributed by atoms with van der Waals surface area (Å²) >= 11 is 0. The average Bonchev–Trinajstić information content (AvgIpc) is 2.38. The quantitative estimate of drug-likeness (QED) is 0.725. The third-order valence-electron chi connectivity index (χ3n) is 3.04. The van der Waals surface area contributed by atoms with E-state index in [2.05, 4.69) is 10.6 Å². The van der Waals surface area contributed by atoms with Crippen LogP contribution in [0.5, 0.6) is 0 Å². The maximum Gasteiger partial charge on any atom is 0.408 e. The molecule has 23 heavy (non-hydrogen) atoms. The van der Waals surface area contributed by atoms with Gasteiger partial charge in [-0.3, -0.25) is 4.79 Å². The van der Waals surface area contributed by atoms with E-state index < -0.39 is 35.7 Å². The largest absolute Gasteiger partial charge is 0.467 e. The molecule has 0 aliphatic carbocycles. The zero-order valence-electron chi connectivity index (χ0n) is 15.4. The van der Waals surface area contributed by atoms with Crippen LogP contribution in [0.2, 0.25) is 0 Å². The Labute approximate surface area is 138 Å². The van der Waals surface area contributed by atoms with Crippen LogP contribution in [-0.2, 0) is 19.1 Å². The summed E-state index contributed by atoms with van der Waals surface area (Å²) in [6.07, 6.45) is -0.675. The number of alkyl carbamates (subject to hydrolysis) is 1. The summed E-state index contributed by atoms with van der Waals surface area (Å²) in [5, 5.41) is 5.18. The molecule has 0 aliphatic rings. The van der Waals surface area contributed by atoms with Crippen LogP contribution in [0.15, 0.2) is 0 Å². The summed E-state index contributed by atoms with van der Waals surface area (Å²) in [6.45, 7) is 12.4. The number of rotatable bonds is 6. The molecule has 0 radical (unpaired) electrons. The van der Waals surface area contributed by atoms with Crippen molar-refractivity contribution in [1.29, 1.82) is 0 Å². The molecule has 2 N–H and O–H groups in total. The van der Waals surface area contributed by atoms with Crippen molar-refractivity contribution in [2.75, 3.05) is 7.11 Å². The maximum atomic E-state index is 12.4. The molecule has 7 heteroatoms. The van der Waals surface area contributed by atoms with Gasteiger partial charge in [-0.1, -0.05) is 27.7 Å². The number of hydrogen-bond donors (Lipinski definition) is 2. The highest BCUT2D eigenvalue weighted by Gasteiger charge is 2.31. The molecule has 0 spiro atoms. The lowest BCUT2D eigenvalue weighted by Crippen LogP contribution is -2.55. The number of carbonyl (C=O) groups is 3. The van der Waals surface area contributed by atoms with Crippen LogP contribution in [0.25, 0.3) is 0 Å². The van der Waals surface area contributed by atoms with Gasteiger partial charge in [-0.2, -0.15) is 0 Å². The van der Waals surface area contributed by atoms with E-state index in [1.807, 2.05) is 0 Å². The van der Waals surface area contributed by atoms with Gasteiger partial charge in [0, 0.05) is 0 Å². The fourth-order valence-corrected chi connectivity index (χ4v) is 1.84. The Balaban J connectivity index is 4.99. The van der Waals surface area contributed by atoms with E-state index in [0.29, 0.717) is 0 Å². The first kappa shape index (κ1) is 21.2. The van der Waals surface area contributed by atoms with Crippen molar-refractivity contribution in [2.45, 2.75) is 66.2 Å². The number of methoxy groups -OCH3 is 1. The molecule has 0 bridgehead atoms. The highest BCUT2D eigenvalue weighted by Crippen LogP contribution is 2.10. The molecule has 0 aromatic rings. The molecule has 0 saturated heterocycles. The first-order valence-corrected chi connectivity index (χ1v) is 7.76. The summed E-state index contributed by atoms with van der Waals surface area (Å²) in [7, 11) is 1.27. The van der Waals surface area contributed by atoms with Gasteiger partial charge in [0.25, 0.3) is 0 Å². The molecule has 0 aromatic heterocycles. The van der Waals surface area contributed by atoms with Crippen LogP contribution in [0.1, 0.15) is 48.5 Å². The van der Waals surface area contributed by atoms with E-state index >= 15 is 0 Å². The molecular formula is C16H30N2O5. The molecule has 7 nitrogen and oxygen atoms in total. The molecule has 0 aliphatic heterocycles. The van der Waals surface area contributed by atoms with E-state index in [0.717, 1.165) is 0 Å². The Kier molecular flexibility index (Phi) is 8.06. The maximum absolute atomic E-state index is 12.4. The van der Waals surface area contributed by atoms with Crippen LogP contribution in [-0.4, -0.2) is 42.8 Å². The fourth-order valence-electron chi connectivity index (χ4n) is 1.84. The van der Waals surface area contributed by atoms with Crippen LogP contribution in [0.3, 0.4) is 0 Å². The second-order valence-electron chi connectivity index (χ2n) is 7.12. The number of carbonyl (C=O) groups excluding carboxylic acids is 3. The summed E-state index contributed by atoms with van der Waals surface area (Å²) in [4.78, 5) is 36.1. The summed E-state index contributed by atoms with van der Waals surface area (Å²) < 4.78 is 9.86. The van der Waals surface area contributed by atoms with Gasteiger partial charge in [0.1, 0.15) is 17.7 Å². The van der Waals surface area contributed by atoms with Gasteiger partial charge < -0.3 is 20.1 Å². The summed E-state index contributed by atoms with van der Waals surface area (Å²) in [5.41, 5.74) is -0.658. The van der Waals surface area contributed by atoms with Gasteiger partial charge >= 0.3 is 12.1 Å². The number of esters is 1. The molecule has 134 valence electrons. The van der Waals surface area contributed by atoms with Crippen LogP contribution in [0, 0.1) is 11.8 Å². The minimum Gasteiger partial charge on any atom is -0.467 e. The van der Waals surface area contributed by atoms with Gasteiger partial charge in [-0.15, -0.1) is 0 Å². The highest BCUT2D eigenvalue weighted by molar-refractivity contribution is 5.90. The minimum atomic E-state index is -0.809. The van der Waals surface area contributed by atoms with E-state index in [1.165, 1.54) is 7.11 Å². The second kappa shape index (κ2) is 8.74. The van der Waals surface area contributed by atoms with Crippen LogP contribution >= 0.6 is 0 Å². The fraction of sp³-hybridized carbons (Fsp3) is 0.812. The SMILES string of the molecule is COC(=O)C(NC(=O)[C@@H](NC(=O)OC(C)(C)C)C(C)C)C(C)C. The van der Waals surface area contributed by atoms with Crippen molar-refractivity contribution in [3.05, 3.63) is 0 Å². The van der Waals surface area contributed by atoms with Gasteiger partial charge in [0.05, 0.1) is 7.11 Å². The molecule has 2 atom stereocenters. The molecule has 2 amide bonds. The molecule has 0 saturated carbocycles. The van der Waals surface area contributed by atoms with Crippen molar-refractivity contribution < 1.29 is 23.9 Å². The summed E-state index contributed by atoms with van der Waals surface area (Å²) in [5.74, 6) is -1.28. The molecule has 0 fully saturated rings. The number of nitrogens with one attached hydrogen (secondary N) is 2. The summed E-state index contributed by atoms with van der Waals surface area (Å²) in [6, 6.07) is -1.58. The van der Waals surface area contributed by atoms with Crippen molar-refractivity contribution in [2.24, 2.45) is 11.8 Å². The molecule has 0 rings (SSSR count). The normalized spacial score (nSPS) is 14.2.